The summed E-state index contributed by atoms with van der Waals surface area (Å²) in [6, 6.07) is 20.9. The highest BCUT2D eigenvalue weighted by molar-refractivity contribution is 7.92. The van der Waals surface area contributed by atoms with Crippen LogP contribution in [-0.4, -0.2) is 26.9 Å². The van der Waals surface area contributed by atoms with Crippen molar-refractivity contribution < 1.29 is 13.2 Å². The third kappa shape index (κ3) is 4.05. The van der Waals surface area contributed by atoms with Crippen LogP contribution in [0.5, 0.6) is 0 Å². The van der Waals surface area contributed by atoms with E-state index < -0.39 is 10.0 Å². The number of halogens is 1. The van der Waals surface area contributed by atoms with Gasteiger partial charge in [-0.3, -0.25) is 9.10 Å². The maximum atomic E-state index is 13.6. The molecular formula is C24H23ClN2O3S. The van der Waals surface area contributed by atoms with Gasteiger partial charge in [-0.05, 0) is 67.8 Å². The quantitative estimate of drug-likeness (QED) is 0.555. The molecule has 1 heterocycles. The van der Waals surface area contributed by atoms with Gasteiger partial charge in [-0.25, -0.2) is 8.42 Å². The van der Waals surface area contributed by atoms with Gasteiger partial charge in [0.15, 0.2) is 0 Å². The Hall–Kier alpha value is -2.83. The normalized spacial score (nSPS) is 15.6. The highest BCUT2D eigenvalue weighted by Crippen LogP contribution is 2.33. The van der Waals surface area contributed by atoms with Gasteiger partial charge in [0.25, 0.3) is 10.0 Å². The molecule has 0 unspecified atom stereocenters. The molecule has 1 aliphatic heterocycles. The van der Waals surface area contributed by atoms with E-state index in [2.05, 4.69) is 0 Å². The Morgan fingerprint density at radius 3 is 2.39 bits per heavy atom. The first-order valence-corrected chi connectivity index (χ1v) is 11.8. The number of carbonyl (C=O) groups is 1. The van der Waals surface area contributed by atoms with E-state index in [1.165, 1.54) is 28.6 Å². The van der Waals surface area contributed by atoms with E-state index in [0.717, 1.165) is 23.2 Å². The second-order valence-electron chi connectivity index (χ2n) is 7.70. The molecule has 0 fully saturated rings. The fourth-order valence-corrected chi connectivity index (χ4v) is 5.63. The van der Waals surface area contributed by atoms with Gasteiger partial charge in [-0.2, -0.15) is 0 Å². The average molecular weight is 455 g/mol. The van der Waals surface area contributed by atoms with Gasteiger partial charge in [-0.1, -0.05) is 48.0 Å². The zero-order valence-electron chi connectivity index (χ0n) is 17.3. The number of para-hydroxylation sites is 2. The number of benzene rings is 3. The third-order valence-corrected chi connectivity index (χ3v) is 7.57. The molecule has 0 aromatic heterocycles. The smallest absolute Gasteiger partial charge is 0.264 e. The van der Waals surface area contributed by atoms with Crippen molar-refractivity contribution in [2.24, 2.45) is 0 Å². The topological polar surface area (TPSA) is 57.7 Å². The number of sulfonamides is 1. The Morgan fingerprint density at radius 2 is 1.68 bits per heavy atom. The van der Waals surface area contributed by atoms with Crippen molar-refractivity contribution in [1.29, 1.82) is 0 Å². The molecule has 1 atom stereocenters. The molecule has 0 bridgehead atoms. The lowest BCUT2D eigenvalue weighted by molar-refractivity contribution is -0.117. The van der Waals surface area contributed by atoms with Gasteiger partial charge in [0.1, 0.15) is 6.54 Å². The van der Waals surface area contributed by atoms with Crippen LogP contribution in [0.15, 0.2) is 77.7 Å². The van der Waals surface area contributed by atoms with Gasteiger partial charge < -0.3 is 4.90 Å². The molecule has 5 nitrogen and oxygen atoms in total. The summed E-state index contributed by atoms with van der Waals surface area (Å²) in [5.74, 6) is -0.266. The van der Waals surface area contributed by atoms with Gasteiger partial charge in [0.2, 0.25) is 5.91 Å². The van der Waals surface area contributed by atoms with Crippen molar-refractivity contribution in [2.45, 2.75) is 31.2 Å². The van der Waals surface area contributed by atoms with Crippen molar-refractivity contribution in [3.05, 3.63) is 88.9 Å². The van der Waals surface area contributed by atoms with Crippen LogP contribution >= 0.6 is 11.6 Å². The van der Waals surface area contributed by atoms with Gasteiger partial charge in [0.05, 0.1) is 10.6 Å². The minimum Gasteiger partial charge on any atom is -0.307 e. The standard InChI is InChI=1S/C24H23ClN2O3S/c1-17-7-3-5-9-22(17)26(31(29,30)21-13-11-20(25)12-14-21)16-24(28)27-18(2)15-19-8-4-6-10-23(19)27/h3-14,18H,15-16H2,1-2H3/t18-/m1/s1. The zero-order chi connectivity index (χ0) is 22.2. The fourth-order valence-electron chi connectivity index (χ4n) is 4.02. The zero-order valence-corrected chi connectivity index (χ0v) is 18.9. The van der Waals surface area contributed by atoms with Crippen molar-refractivity contribution in [1.82, 2.24) is 0 Å². The molecule has 160 valence electrons. The molecule has 0 spiro atoms. The van der Waals surface area contributed by atoms with E-state index in [-0.39, 0.29) is 23.4 Å². The molecule has 1 amide bonds. The molecule has 1 aliphatic rings. The number of rotatable bonds is 5. The van der Waals surface area contributed by atoms with E-state index in [1.807, 2.05) is 50.2 Å². The lowest BCUT2D eigenvalue weighted by atomic mass is 10.1. The maximum Gasteiger partial charge on any atom is 0.264 e. The number of aryl methyl sites for hydroxylation is 1. The Balaban J connectivity index is 1.75. The first kappa shape index (κ1) is 21.4. The number of hydrogen-bond acceptors (Lipinski definition) is 3. The Bertz CT molecular complexity index is 1230. The molecule has 7 heteroatoms. The summed E-state index contributed by atoms with van der Waals surface area (Å²) >= 11 is 5.95. The van der Waals surface area contributed by atoms with Crippen LogP contribution in [0.1, 0.15) is 18.1 Å². The minimum atomic E-state index is -3.99. The van der Waals surface area contributed by atoms with E-state index in [0.29, 0.717) is 10.7 Å². The number of nitrogens with zero attached hydrogens (tertiary/aromatic N) is 2. The molecule has 3 aromatic carbocycles. The molecule has 0 N–H and O–H groups in total. The second-order valence-corrected chi connectivity index (χ2v) is 10.00. The second kappa shape index (κ2) is 8.36. The van der Waals surface area contributed by atoms with Crippen LogP contribution in [0.4, 0.5) is 11.4 Å². The molecule has 0 saturated carbocycles. The predicted molar refractivity (Wildman–Crippen MR) is 124 cm³/mol. The lowest BCUT2D eigenvalue weighted by Gasteiger charge is -2.29. The van der Waals surface area contributed by atoms with Gasteiger partial charge in [-0.15, -0.1) is 0 Å². The van der Waals surface area contributed by atoms with E-state index in [4.69, 9.17) is 11.6 Å². The van der Waals surface area contributed by atoms with Crippen LogP contribution in [0, 0.1) is 6.92 Å². The molecule has 0 aliphatic carbocycles. The summed E-state index contributed by atoms with van der Waals surface area (Å²) in [7, 11) is -3.99. The van der Waals surface area contributed by atoms with Crippen molar-refractivity contribution >= 4 is 38.9 Å². The van der Waals surface area contributed by atoms with Gasteiger partial charge >= 0.3 is 0 Å². The summed E-state index contributed by atoms with van der Waals surface area (Å²) in [6.45, 7) is 3.51. The number of hydrogen-bond donors (Lipinski definition) is 0. The molecule has 0 radical (unpaired) electrons. The number of fused-ring (bicyclic) bond motifs is 1. The predicted octanol–water partition coefficient (Wildman–Crippen LogP) is 4.82. The number of carbonyl (C=O) groups excluding carboxylic acids is 1. The largest absolute Gasteiger partial charge is 0.307 e. The van der Waals surface area contributed by atoms with Crippen LogP contribution in [0.25, 0.3) is 0 Å². The summed E-state index contributed by atoms with van der Waals surface area (Å²) in [5.41, 5.74) is 3.17. The summed E-state index contributed by atoms with van der Waals surface area (Å²) in [6.07, 6.45) is 0.746. The lowest BCUT2D eigenvalue weighted by Crippen LogP contribution is -2.45. The summed E-state index contributed by atoms with van der Waals surface area (Å²) < 4.78 is 28.4. The van der Waals surface area contributed by atoms with E-state index >= 15 is 0 Å². The number of amides is 1. The Kier molecular flexibility index (Phi) is 5.77. The van der Waals surface area contributed by atoms with Crippen LogP contribution in [-0.2, 0) is 21.2 Å². The molecule has 4 rings (SSSR count). The third-order valence-electron chi connectivity index (χ3n) is 5.54. The minimum absolute atomic E-state index is 0.0399. The first-order chi connectivity index (χ1) is 14.8. The average Bonchev–Trinajstić information content (AvgIpc) is 3.08. The van der Waals surface area contributed by atoms with E-state index in [9.17, 15) is 13.2 Å². The highest BCUT2D eigenvalue weighted by Gasteiger charge is 2.35. The Labute approximate surface area is 187 Å². The highest BCUT2D eigenvalue weighted by atomic mass is 35.5. The fraction of sp³-hybridized carbons (Fsp3) is 0.208. The van der Waals surface area contributed by atoms with Crippen LogP contribution in [0.3, 0.4) is 0 Å². The van der Waals surface area contributed by atoms with Gasteiger partial charge in [0, 0.05) is 16.8 Å². The maximum absolute atomic E-state index is 13.6. The Morgan fingerprint density at radius 1 is 1.03 bits per heavy atom. The monoisotopic (exact) mass is 454 g/mol. The summed E-state index contributed by atoms with van der Waals surface area (Å²) in [5, 5.41) is 0.444. The SMILES string of the molecule is Cc1ccccc1N(CC(=O)N1c2ccccc2C[C@H]1C)S(=O)(=O)c1ccc(Cl)cc1. The first-order valence-electron chi connectivity index (χ1n) is 10.0. The summed E-state index contributed by atoms with van der Waals surface area (Å²) in [4.78, 5) is 15.2. The molecule has 31 heavy (non-hydrogen) atoms. The van der Waals surface area contributed by atoms with Crippen molar-refractivity contribution in [3.63, 3.8) is 0 Å². The van der Waals surface area contributed by atoms with Crippen molar-refractivity contribution in [2.75, 3.05) is 15.7 Å². The molecular weight excluding hydrogens is 432 g/mol. The van der Waals surface area contributed by atoms with Crippen LogP contribution in [0.2, 0.25) is 5.02 Å². The number of anilines is 2. The molecule has 3 aromatic rings. The van der Waals surface area contributed by atoms with Crippen LogP contribution < -0.4 is 9.21 Å². The van der Waals surface area contributed by atoms with Crippen molar-refractivity contribution in [3.8, 4) is 0 Å². The molecule has 0 saturated heterocycles. The van der Waals surface area contributed by atoms with E-state index in [1.54, 1.807) is 17.0 Å².